The molecule has 0 amide bonds. The number of carbonyl (C=O) groups is 2. The Bertz CT molecular complexity index is 1520. The Kier molecular flexibility index (Phi) is 7.55. The van der Waals surface area contributed by atoms with Gasteiger partial charge in [-0.15, -0.1) is 0 Å². The van der Waals surface area contributed by atoms with E-state index in [1.807, 2.05) is 36.4 Å². The zero-order valence-electron chi connectivity index (χ0n) is 23.0. The molecule has 5 heteroatoms. The smallest absolute Gasteiger partial charge is 0.181 e. The minimum absolute atomic E-state index is 0.199. The molecule has 2 aromatic heterocycles. The van der Waals surface area contributed by atoms with Gasteiger partial charge >= 0.3 is 0 Å². The van der Waals surface area contributed by atoms with E-state index in [4.69, 9.17) is 0 Å². The summed E-state index contributed by atoms with van der Waals surface area (Å²) >= 11 is 0. The quantitative estimate of drug-likeness (QED) is 0.287. The summed E-state index contributed by atoms with van der Waals surface area (Å²) in [6.07, 6.45) is 5.15. The van der Waals surface area contributed by atoms with Crippen LogP contribution in [0.5, 0.6) is 0 Å². The summed E-state index contributed by atoms with van der Waals surface area (Å²) in [7, 11) is 0. The summed E-state index contributed by atoms with van der Waals surface area (Å²) in [6.45, 7) is 10.6. The van der Waals surface area contributed by atoms with E-state index >= 15 is 0 Å². The van der Waals surface area contributed by atoms with Crippen molar-refractivity contribution in [3.8, 4) is 0 Å². The molecule has 4 aromatic rings. The second kappa shape index (κ2) is 11.0. The lowest BCUT2D eigenvalue weighted by molar-refractivity contribution is 0.0959. The number of nitrogens with zero attached hydrogens (tertiary/aromatic N) is 3. The molecule has 2 aromatic carbocycles. The molecule has 2 heterocycles. The van der Waals surface area contributed by atoms with Gasteiger partial charge in [0, 0.05) is 42.3 Å². The van der Waals surface area contributed by atoms with E-state index in [9.17, 15) is 9.59 Å². The van der Waals surface area contributed by atoms with E-state index < -0.39 is 0 Å². The number of ketones is 2. The largest absolute Gasteiger partial charge is 0.371 e. The van der Waals surface area contributed by atoms with Gasteiger partial charge < -0.3 is 4.90 Å². The lowest BCUT2D eigenvalue weighted by atomic mass is 9.85. The van der Waals surface area contributed by atoms with Crippen LogP contribution in [0.1, 0.15) is 97.0 Å². The number of benzene rings is 2. The van der Waals surface area contributed by atoms with Crippen LogP contribution in [0.3, 0.4) is 0 Å². The number of carbonyl (C=O) groups excluding carboxylic acids is 2. The van der Waals surface area contributed by atoms with E-state index in [1.54, 1.807) is 0 Å². The average molecular weight is 508 g/mol. The average Bonchev–Trinajstić information content (AvgIpc) is 2.93. The maximum Gasteiger partial charge on any atom is 0.181 e. The highest BCUT2D eigenvalue weighted by Crippen LogP contribution is 2.36. The van der Waals surface area contributed by atoms with Gasteiger partial charge in [-0.2, -0.15) is 0 Å². The molecule has 6 rings (SSSR count). The van der Waals surface area contributed by atoms with Crippen LogP contribution in [0.15, 0.2) is 48.5 Å². The van der Waals surface area contributed by atoms with Crippen LogP contribution < -0.4 is 4.90 Å². The van der Waals surface area contributed by atoms with Gasteiger partial charge in [-0.1, -0.05) is 50.2 Å². The molecule has 2 aliphatic carbocycles. The monoisotopic (exact) mass is 507 g/mol. The Hall–Kier alpha value is -3.60. The predicted molar refractivity (Wildman–Crippen MR) is 156 cm³/mol. The zero-order chi connectivity index (χ0) is 26.8. The number of anilines is 1. The fourth-order valence-electron chi connectivity index (χ4n) is 6.11. The van der Waals surface area contributed by atoms with Gasteiger partial charge in [-0.05, 0) is 68.7 Å². The number of rotatable bonds is 4. The van der Waals surface area contributed by atoms with Crippen LogP contribution in [0.25, 0.3) is 21.8 Å². The summed E-state index contributed by atoms with van der Waals surface area (Å²) < 4.78 is 0. The summed E-state index contributed by atoms with van der Waals surface area (Å²) in [4.78, 5) is 35.8. The molecule has 0 aliphatic heterocycles. The number of para-hydroxylation sites is 2. The van der Waals surface area contributed by atoms with Crippen molar-refractivity contribution in [3.63, 3.8) is 0 Å². The van der Waals surface area contributed by atoms with Crippen LogP contribution in [0.2, 0.25) is 0 Å². The molecule has 0 fully saturated rings. The van der Waals surface area contributed by atoms with Crippen LogP contribution in [-0.2, 0) is 12.8 Å². The molecule has 0 saturated carbocycles. The molecule has 196 valence electrons. The topological polar surface area (TPSA) is 63.2 Å². The number of hydrogen-bond acceptors (Lipinski definition) is 5. The zero-order valence-corrected chi connectivity index (χ0v) is 23.0. The molecular weight excluding hydrogens is 470 g/mol. The minimum Gasteiger partial charge on any atom is -0.371 e. The highest BCUT2D eigenvalue weighted by atomic mass is 16.1. The molecule has 0 atom stereocenters. The van der Waals surface area contributed by atoms with Crippen molar-refractivity contribution in [1.82, 2.24) is 9.97 Å². The van der Waals surface area contributed by atoms with Gasteiger partial charge in [0.1, 0.15) is 11.4 Å². The first-order chi connectivity index (χ1) is 18.4. The summed E-state index contributed by atoms with van der Waals surface area (Å²) in [5.74, 6) is 0.840. The Morgan fingerprint density at radius 3 is 1.79 bits per heavy atom. The van der Waals surface area contributed by atoms with Crippen molar-refractivity contribution in [3.05, 3.63) is 76.6 Å². The first kappa shape index (κ1) is 26.0. The third-order valence-electron chi connectivity index (χ3n) is 7.85. The summed E-state index contributed by atoms with van der Waals surface area (Å²) in [5.41, 5.74) is 8.22. The maximum atomic E-state index is 12.2. The maximum absolute atomic E-state index is 12.2. The van der Waals surface area contributed by atoms with Gasteiger partial charge in [0.05, 0.1) is 16.7 Å². The second-order valence-corrected chi connectivity index (χ2v) is 10.6. The fourth-order valence-corrected chi connectivity index (χ4v) is 6.11. The Morgan fingerprint density at radius 2 is 1.21 bits per heavy atom. The number of hydrogen-bond donors (Lipinski definition) is 0. The number of aromatic nitrogens is 2. The third kappa shape index (κ3) is 4.70. The normalized spacial score (nSPS) is 14.8. The molecule has 5 nitrogen and oxygen atoms in total. The molecule has 2 aliphatic rings. The summed E-state index contributed by atoms with van der Waals surface area (Å²) in [6, 6.07) is 16.3. The van der Waals surface area contributed by atoms with Crippen molar-refractivity contribution in [2.75, 3.05) is 18.0 Å². The predicted octanol–water partition coefficient (Wildman–Crippen LogP) is 7.48. The van der Waals surface area contributed by atoms with Gasteiger partial charge in [0.2, 0.25) is 0 Å². The van der Waals surface area contributed by atoms with E-state index in [2.05, 4.69) is 54.7 Å². The molecule has 0 radical (unpaired) electrons. The van der Waals surface area contributed by atoms with Crippen LogP contribution >= 0.6 is 0 Å². The van der Waals surface area contributed by atoms with E-state index in [0.29, 0.717) is 24.5 Å². The molecule has 0 unspecified atom stereocenters. The van der Waals surface area contributed by atoms with E-state index in [0.717, 1.165) is 61.1 Å². The van der Waals surface area contributed by atoms with Gasteiger partial charge in [0.15, 0.2) is 11.6 Å². The second-order valence-electron chi connectivity index (χ2n) is 10.6. The van der Waals surface area contributed by atoms with Crippen molar-refractivity contribution in [2.45, 2.75) is 72.1 Å². The van der Waals surface area contributed by atoms with Crippen LogP contribution in [-0.4, -0.2) is 34.6 Å². The minimum atomic E-state index is 0.199. The van der Waals surface area contributed by atoms with Gasteiger partial charge in [-0.3, -0.25) is 9.59 Å². The highest BCUT2D eigenvalue weighted by Gasteiger charge is 2.26. The molecule has 38 heavy (non-hydrogen) atoms. The van der Waals surface area contributed by atoms with Gasteiger partial charge in [-0.25, -0.2) is 9.97 Å². The van der Waals surface area contributed by atoms with Crippen LogP contribution in [0, 0.1) is 0 Å². The van der Waals surface area contributed by atoms with E-state index in [1.165, 1.54) is 27.6 Å². The Labute approximate surface area is 225 Å². The van der Waals surface area contributed by atoms with Crippen molar-refractivity contribution in [2.24, 2.45) is 0 Å². The lowest BCUT2D eigenvalue weighted by Gasteiger charge is -2.28. The lowest BCUT2D eigenvalue weighted by Crippen LogP contribution is -2.26. The number of fused-ring (bicyclic) bond motifs is 4. The fraction of sp³-hybridized carbons (Fsp3) is 0.394. The van der Waals surface area contributed by atoms with Crippen LogP contribution in [0.4, 0.5) is 5.69 Å². The molecule has 0 spiro atoms. The number of Topliss-reactive ketones (excluding diaryl/α,β-unsaturated/α-hetero) is 2. The molecule has 0 bridgehead atoms. The van der Waals surface area contributed by atoms with Crippen molar-refractivity contribution >= 4 is 39.1 Å². The standard InChI is InChI=1S/C17H20N2O.C16H17NO/c1-3-19(4-2)17-12-8-5-6-10-14(12)18-16-13(17)9-7-11-15(16)20;1-10(2)15-11-6-3-4-8-13(11)17-16-12(15)7-5-9-14(16)18/h5-6,8,10H,3-4,7,9,11H2,1-2H3;3-4,6,8,10H,5,7,9H2,1-2H3. The third-order valence-corrected chi connectivity index (χ3v) is 7.85. The number of pyridine rings is 2. The Morgan fingerprint density at radius 1 is 0.711 bits per heavy atom. The molecule has 0 saturated heterocycles. The summed E-state index contributed by atoms with van der Waals surface area (Å²) in [5, 5.41) is 2.38. The van der Waals surface area contributed by atoms with Gasteiger partial charge in [0.25, 0.3) is 0 Å². The van der Waals surface area contributed by atoms with E-state index in [-0.39, 0.29) is 11.6 Å². The first-order valence-corrected chi connectivity index (χ1v) is 14.1. The first-order valence-electron chi connectivity index (χ1n) is 14.1. The Balaban J connectivity index is 0.000000156. The van der Waals surface area contributed by atoms with Crippen molar-refractivity contribution < 1.29 is 9.59 Å². The van der Waals surface area contributed by atoms with Crippen molar-refractivity contribution in [1.29, 1.82) is 0 Å². The molecule has 0 N–H and O–H groups in total. The molecular formula is C33H37N3O2. The highest BCUT2D eigenvalue weighted by molar-refractivity contribution is 6.04. The SMILES string of the molecule is CC(C)c1c2c(nc3ccccc13)C(=O)CCC2.CCN(CC)c1c2c(nc3ccccc13)C(=O)CCC2.